The van der Waals surface area contributed by atoms with Crippen molar-refractivity contribution in [3.05, 3.63) is 23.3 Å². The van der Waals surface area contributed by atoms with Gasteiger partial charge in [0.1, 0.15) is 17.6 Å². The molecule has 2 aliphatic heterocycles. The van der Waals surface area contributed by atoms with Gasteiger partial charge in [-0.05, 0) is 31.9 Å². The third kappa shape index (κ3) is 4.18. The van der Waals surface area contributed by atoms with Crippen molar-refractivity contribution in [1.82, 2.24) is 10.2 Å². The fraction of sp³-hybridized carbons (Fsp3) is 0.619. The van der Waals surface area contributed by atoms with Crippen molar-refractivity contribution in [2.45, 2.75) is 39.8 Å². The summed E-state index contributed by atoms with van der Waals surface area (Å²) in [5.41, 5.74) is 2.17. The Hall–Kier alpha value is -2.44. The molecule has 3 atom stereocenters. The zero-order valence-corrected chi connectivity index (χ0v) is 17.4. The SMILES string of the molecule is CCNC(=NCc1cc2c(cc1OC)CC(C)O2)N1CC(C)C(C(=O)OC)C1. The molecular formula is C21H31N3O4. The largest absolute Gasteiger partial charge is 0.496 e. The molecule has 1 saturated heterocycles. The molecule has 1 N–H and O–H groups in total. The van der Waals surface area contributed by atoms with E-state index in [0.717, 1.165) is 42.5 Å². The van der Waals surface area contributed by atoms with Gasteiger partial charge in [0.05, 0.1) is 26.7 Å². The number of benzene rings is 1. The van der Waals surface area contributed by atoms with Crippen LogP contribution in [0.2, 0.25) is 0 Å². The normalized spacial score (nSPS) is 24.0. The molecule has 3 unspecified atom stereocenters. The van der Waals surface area contributed by atoms with E-state index in [2.05, 4.69) is 30.1 Å². The molecule has 7 nitrogen and oxygen atoms in total. The highest BCUT2D eigenvalue weighted by atomic mass is 16.5. The number of hydrogen-bond donors (Lipinski definition) is 1. The van der Waals surface area contributed by atoms with Crippen LogP contribution < -0.4 is 14.8 Å². The highest BCUT2D eigenvalue weighted by Crippen LogP contribution is 2.35. The lowest BCUT2D eigenvalue weighted by Crippen LogP contribution is -2.40. The molecule has 1 fully saturated rings. The summed E-state index contributed by atoms with van der Waals surface area (Å²) in [5, 5.41) is 3.34. The maximum atomic E-state index is 12.0. The number of hydrogen-bond acceptors (Lipinski definition) is 5. The Morgan fingerprint density at radius 2 is 2.11 bits per heavy atom. The van der Waals surface area contributed by atoms with Gasteiger partial charge < -0.3 is 24.4 Å². The quantitative estimate of drug-likeness (QED) is 0.473. The zero-order valence-electron chi connectivity index (χ0n) is 17.4. The van der Waals surface area contributed by atoms with Crippen molar-refractivity contribution in [3.8, 4) is 11.5 Å². The van der Waals surface area contributed by atoms with Crippen LogP contribution in [0.1, 0.15) is 31.9 Å². The molecule has 154 valence electrons. The maximum Gasteiger partial charge on any atom is 0.310 e. The van der Waals surface area contributed by atoms with Crippen molar-refractivity contribution in [3.63, 3.8) is 0 Å². The summed E-state index contributed by atoms with van der Waals surface area (Å²) in [4.78, 5) is 19.0. The lowest BCUT2D eigenvalue weighted by molar-refractivity contribution is -0.145. The summed E-state index contributed by atoms with van der Waals surface area (Å²) in [6, 6.07) is 4.09. The summed E-state index contributed by atoms with van der Waals surface area (Å²) >= 11 is 0. The van der Waals surface area contributed by atoms with Crippen molar-refractivity contribution in [2.24, 2.45) is 16.8 Å². The van der Waals surface area contributed by atoms with E-state index in [-0.39, 0.29) is 23.9 Å². The number of likely N-dealkylation sites (tertiary alicyclic amines) is 1. The van der Waals surface area contributed by atoms with Crippen LogP contribution in [0, 0.1) is 11.8 Å². The van der Waals surface area contributed by atoms with Crippen molar-refractivity contribution in [2.75, 3.05) is 33.9 Å². The number of methoxy groups -OCH3 is 2. The third-order valence-corrected chi connectivity index (χ3v) is 5.45. The van der Waals surface area contributed by atoms with Crippen LogP contribution in [0.15, 0.2) is 17.1 Å². The standard InChI is InChI=1S/C21H31N3O4/c1-6-22-21(24-11-13(2)17(12-24)20(25)27-5)23-10-16-9-19-15(7-14(3)28-19)8-18(16)26-4/h8-9,13-14,17H,6-7,10-12H2,1-5H3,(H,22,23). The van der Waals surface area contributed by atoms with Gasteiger partial charge in [0, 0.05) is 37.2 Å². The first-order valence-corrected chi connectivity index (χ1v) is 9.94. The summed E-state index contributed by atoms with van der Waals surface area (Å²) in [6.45, 7) is 8.80. The number of aliphatic imine (C=N–C) groups is 1. The number of esters is 1. The van der Waals surface area contributed by atoms with E-state index in [1.165, 1.54) is 12.7 Å². The van der Waals surface area contributed by atoms with Crippen LogP contribution in [0.4, 0.5) is 0 Å². The van der Waals surface area contributed by atoms with Crippen LogP contribution in [0.5, 0.6) is 11.5 Å². The molecule has 1 aromatic carbocycles. The number of guanidine groups is 1. The Morgan fingerprint density at radius 1 is 1.32 bits per heavy atom. The molecule has 3 rings (SSSR count). The van der Waals surface area contributed by atoms with Gasteiger partial charge in [-0.25, -0.2) is 4.99 Å². The minimum Gasteiger partial charge on any atom is -0.496 e. The number of nitrogens with one attached hydrogen (secondary N) is 1. The first-order chi connectivity index (χ1) is 13.5. The fourth-order valence-electron chi connectivity index (χ4n) is 3.98. The summed E-state index contributed by atoms with van der Waals surface area (Å²) < 4.78 is 16.4. The van der Waals surface area contributed by atoms with Crippen LogP contribution >= 0.6 is 0 Å². The minimum absolute atomic E-state index is 0.127. The molecule has 0 saturated carbocycles. The molecule has 2 aliphatic rings. The molecule has 7 heteroatoms. The second kappa shape index (κ2) is 8.71. The van der Waals surface area contributed by atoms with Crippen molar-refractivity contribution < 1.29 is 19.0 Å². The molecular weight excluding hydrogens is 358 g/mol. The van der Waals surface area contributed by atoms with Crippen LogP contribution in [0.3, 0.4) is 0 Å². The smallest absolute Gasteiger partial charge is 0.310 e. The first kappa shape index (κ1) is 20.3. The Bertz CT molecular complexity index is 749. The molecule has 0 aromatic heterocycles. The third-order valence-electron chi connectivity index (χ3n) is 5.45. The number of rotatable bonds is 5. The number of nitrogens with zero attached hydrogens (tertiary/aromatic N) is 2. The summed E-state index contributed by atoms with van der Waals surface area (Å²) in [7, 11) is 3.13. The topological polar surface area (TPSA) is 72.4 Å². The van der Waals surface area contributed by atoms with Gasteiger partial charge in [-0.3, -0.25) is 4.79 Å². The van der Waals surface area contributed by atoms with E-state index in [4.69, 9.17) is 19.2 Å². The molecule has 2 heterocycles. The predicted octanol–water partition coefficient (Wildman–Crippen LogP) is 2.23. The van der Waals surface area contributed by atoms with Gasteiger partial charge in [-0.1, -0.05) is 6.92 Å². The van der Waals surface area contributed by atoms with Crippen LogP contribution in [0.25, 0.3) is 0 Å². The Balaban J connectivity index is 1.79. The predicted molar refractivity (Wildman–Crippen MR) is 108 cm³/mol. The van der Waals surface area contributed by atoms with Gasteiger partial charge in [0.15, 0.2) is 5.96 Å². The second-order valence-electron chi connectivity index (χ2n) is 7.59. The van der Waals surface area contributed by atoms with Crippen LogP contribution in [-0.4, -0.2) is 56.8 Å². The number of carbonyl (C=O) groups excluding carboxylic acids is 1. The molecule has 0 radical (unpaired) electrons. The molecule has 0 spiro atoms. The lowest BCUT2D eigenvalue weighted by atomic mass is 9.99. The summed E-state index contributed by atoms with van der Waals surface area (Å²) in [6.07, 6.45) is 1.09. The van der Waals surface area contributed by atoms with Crippen LogP contribution in [-0.2, 0) is 22.5 Å². The number of ether oxygens (including phenoxy) is 3. The van der Waals surface area contributed by atoms with Gasteiger partial charge >= 0.3 is 5.97 Å². The fourth-order valence-corrected chi connectivity index (χ4v) is 3.98. The molecule has 0 amide bonds. The highest BCUT2D eigenvalue weighted by molar-refractivity contribution is 5.82. The lowest BCUT2D eigenvalue weighted by Gasteiger charge is -2.21. The molecule has 1 aromatic rings. The minimum atomic E-state index is -0.155. The Kier molecular flexibility index (Phi) is 6.31. The maximum absolute atomic E-state index is 12.0. The van der Waals surface area contributed by atoms with E-state index in [1.807, 2.05) is 13.0 Å². The van der Waals surface area contributed by atoms with E-state index >= 15 is 0 Å². The number of fused-ring (bicyclic) bond motifs is 1. The zero-order chi connectivity index (χ0) is 20.3. The van der Waals surface area contributed by atoms with E-state index < -0.39 is 0 Å². The molecule has 0 aliphatic carbocycles. The van der Waals surface area contributed by atoms with Crippen molar-refractivity contribution >= 4 is 11.9 Å². The average Bonchev–Trinajstić information content (AvgIpc) is 3.24. The average molecular weight is 389 g/mol. The highest BCUT2D eigenvalue weighted by Gasteiger charge is 2.36. The monoisotopic (exact) mass is 389 g/mol. The van der Waals surface area contributed by atoms with E-state index in [9.17, 15) is 4.79 Å². The molecule has 28 heavy (non-hydrogen) atoms. The number of carbonyl (C=O) groups is 1. The van der Waals surface area contributed by atoms with Crippen molar-refractivity contribution in [1.29, 1.82) is 0 Å². The summed E-state index contributed by atoms with van der Waals surface area (Å²) in [5.74, 6) is 2.50. The Morgan fingerprint density at radius 3 is 2.79 bits per heavy atom. The van der Waals surface area contributed by atoms with Gasteiger partial charge in [-0.2, -0.15) is 0 Å². The first-order valence-electron chi connectivity index (χ1n) is 9.94. The van der Waals surface area contributed by atoms with Gasteiger partial charge in [0.2, 0.25) is 0 Å². The second-order valence-corrected chi connectivity index (χ2v) is 7.59. The van der Waals surface area contributed by atoms with E-state index in [1.54, 1.807) is 7.11 Å². The Labute approximate surface area is 167 Å². The van der Waals surface area contributed by atoms with Gasteiger partial charge in [0.25, 0.3) is 0 Å². The van der Waals surface area contributed by atoms with Gasteiger partial charge in [-0.15, -0.1) is 0 Å². The molecule has 0 bridgehead atoms. The van der Waals surface area contributed by atoms with E-state index in [0.29, 0.717) is 13.1 Å².